The molecule has 0 N–H and O–H groups in total. The van der Waals surface area contributed by atoms with Crippen molar-refractivity contribution in [2.75, 3.05) is 18.1 Å². The summed E-state index contributed by atoms with van der Waals surface area (Å²) < 4.78 is 6.03. The van der Waals surface area contributed by atoms with E-state index in [1.54, 1.807) is 0 Å². The Balaban J connectivity index is 1.69. The van der Waals surface area contributed by atoms with Gasteiger partial charge in [-0.25, -0.2) is 0 Å². The average molecular weight is 471 g/mol. The van der Waals surface area contributed by atoms with Gasteiger partial charge in [0, 0.05) is 15.6 Å². The van der Waals surface area contributed by atoms with Crippen molar-refractivity contribution in [3.8, 4) is 5.75 Å². The molecular formula is C25H18Cl3NO2. The Morgan fingerprint density at radius 2 is 1.81 bits per heavy atom. The third-order valence-electron chi connectivity index (χ3n) is 5.69. The van der Waals surface area contributed by atoms with E-state index in [1.807, 2.05) is 60.7 Å². The van der Waals surface area contributed by atoms with Gasteiger partial charge in [0.2, 0.25) is 0 Å². The van der Waals surface area contributed by atoms with E-state index >= 15 is 0 Å². The molecule has 0 bridgehead atoms. The Morgan fingerprint density at radius 3 is 2.55 bits per heavy atom. The van der Waals surface area contributed by atoms with E-state index in [9.17, 15) is 4.79 Å². The standard InChI is InChI=1S/C25H18Cl3NO2/c26-18-6-4-15(5-7-18)24(28)17-11-22-21(16-2-1-3-19(27)10-16)13-20(14-30)29-8-9-31-23(12-17)25(22)29/h1-7,10-14,20,24H,8-9H2. The van der Waals surface area contributed by atoms with Gasteiger partial charge in [0.05, 0.1) is 17.6 Å². The van der Waals surface area contributed by atoms with Crippen molar-refractivity contribution < 1.29 is 9.53 Å². The minimum atomic E-state index is -0.373. The average Bonchev–Trinajstić information content (AvgIpc) is 2.79. The van der Waals surface area contributed by atoms with Crippen LogP contribution < -0.4 is 9.64 Å². The van der Waals surface area contributed by atoms with E-state index in [4.69, 9.17) is 39.5 Å². The summed E-state index contributed by atoms with van der Waals surface area (Å²) in [5.41, 5.74) is 5.65. The molecule has 2 atom stereocenters. The second-order valence-corrected chi connectivity index (χ2v) is 8.90. The molecule has 3 aromatic carbocycles. The molecule has 0 aliphatic carbocycles. The van der Waals surface area contributed by atoms with Gasteiger partial charge in [-0.05, 0) is 64.7 Å². The molecule has 3 aromatic rings. The number of hydrogen-bond donors (Lipinski definition) is 0. The summed E-state index contributed by atoms with van der Waals surface area (Å²) in [4.78, 5) is 14.0. The molecule has 2 aliphatic heterocycles. The summed E-state index contributed by atoms with van der Waals surface area (Å²) in [6.45, 7) is 1.15. The largest absolute Gasteiger partial charge is 0.490 e. The van der Waals surface area contributed by atoms with E-state index in [0.717, 1.165) is 45.5 Å². The molecule has 2 heterocycles. The second kappa shape index (κ2) is 8.23. The van der Waals surface area contributed by atoms with Crippen LogP contribution in [0, 0.1) is 0 Å². The van der Waals surface area contributed by atoms with Crippen LogP contribution in [0.3, 0.4) is 0 Å². The van der Waals surface area contributed by atoms with Crippen LogP contribution in [-0.4, -0.2) is 25.5 Å². The van der Waals surface area contributed by atoms with Gasteiger partial charge in [-0.1, -0.05) is 47.5 Å². The molecule has 0 spiro atoms. The van der Waals surface area contributed by atoms with Crippen LogP contribution in [0.2, 0.25) is 10.0 Å². The highest BCUT2D eigenvalue weighted by Crippen LogP contribution is 2.47. The lowest BCUT2D eigenvalue weighted by molar-refractivity contribution is -0.108. The van der Waals surface area contributed by atoms with Gasteiger partial charge in [-0.2, -0.15) is 0 Å². The number of alkyl halides is 1. The highest BCUT2D eigenvalue weighted by atomic mass is 35.5. The van der Waals surface area contributed by atoms with Gasteiger partial charge in [-0.15, -0.1) is 11.6 Å². The number of carbonyl (C=O) groups excluding carboxylic acids is 1. The molecule has 31 heavy (non-hydrogen) atoms. The summed E-state index contributed by atoms with van der Waals surface area (Å²) in [6.07, 6.45) is 2.96. The number of ether oxygens (including phenoxy) is 1. The number of anilines is 1. The minimum absolute atomic E-state index is 0.363. The van der Waals surface area contributed by atoms with Gasteiger partial charge >= 0.3 is 0 Å². The zero-order valence-electron chi connectivity index (χ0n) is 16.4. The van der Waals surface area contributed by atoms with E-state index in [-0.39, 0.29) is 11.4 Å². The molecule has 0 radical (unpaired) electrons. The number of rotatable bonds is 4. The van der Waals surface area contributed by atoms with E-state index in [0.29, 0.717) is 23.2 Å². The summed E-state index contributed by atoms with van der Waals surface area (Å²) in [5, 5.41) is 0.932. The van der Waals surface area contributed by atoms with Crippen molar-refractivity contribution in [1.29, 1.82) is 0 Å². The fraction of sp³-hybridized carbons (Fsp3) is 0.160. The Kier molecular flexibility index (Phi) is 5.43. The first kappa shape index (κ1) is 20.4. The Bertz CT molecular complexity index is 1190. The Morgan fingerprint density at radius 1 is 1.00 bits per heavy atom. The summed E-state index contributed by atoms with van der Waals surface area (Å²) in [5.74, 6) is 0.734. The van der Waals surface area contributed by atoms with Crippen molar-refractivity contribution in [1.82, 2.24) is 0 Å². The molecule has 0 aromatic heterocycles. The lowest BCUT2D eigenvalue weighted by atomic mass is 9.87. The number of benzene rings is 3. The summed E-state index contributed by atoms with van der Waals surface area (Å²) >= 11 is 19.2. The third-order valence-corrected chi connectivity index (χ3v) is 6.68. The van der Waals surface area contributed by atoms with Crippen molar-refractivity contribution in [3.05, 3.63) is 99.0 Å². The van der Waals surface area contributed by atoms with Crippen LogP contribution in [0.1, 0.15) is 27.6 Å². The second-order valence-electron chi connectivity index (χ2n) is 7.59. The maximum atomic E-state index is 11.9. The first-order chi connectivity index (χ1) is 15.0. The predicted molar refractivity (Wildman–Crippen MR) is 127 cm³/mol. The number of nitrogens with zero attached hydrogens (tertiary/aromatic N) is 1. The molecule has 6 heteroatoms. The van der Waals surface area contributed by atoms with Gasteiger partial charge in [0.1, 0.15) is 24.7 Å². The van der Waals surface area contributed by atoms with E-state index < -0.39 is 0 Å². The number of halogens is 3. The molecule has 2 aliphatic rings. The zero-order chi connectivity index (χ0) is 21.5. The normalized spacial score (nSPS) is 18.0. The van der Waals surface area contributed by atoms with Crippen LogP contribution in [0.15, 0.2) is 66.7 Å². The topological polar surface area (TPSA) is 29.5 Å². The van der Waals surface area contributed by atoms with Crippen LogP contribution in [0.4, 0.5) is 5.69 Å². The molecular weight excluding hydrogens is 453 g/mol. The summed E-state index contributed by atoms with van der Waals surface area (Å²) in [6, 6.07) is 18.9. The smallest absolute Gasteiger partial charge is 0.146 e. The monoisotopic (exact) mass is 469 g/mol. The minimum Gasteiger partial charge on any atom is -0.490 e. The lowest BCUT2D eigenvalue weighted by Crippen LogP contribution is -2.43. The quantitative estimate of drug-likeness (QED) is 0.320. The third kappa shape index (κ3) is 3.71. The van der Waals surface area contributed by atoms with Crippen molar-refractivity contribution >= 4 is 52.3 Å². The molecule has 0 amide bonds. The lowest BCUT2D eigenvalue weighted by Gasteiger charge is -2.40. The molecule has 3 nitrogen and oxygen atoms in total. The van der Waals surface area contributed by atoms with Crippen molar-refractivity contribution in [2.45, 2.75) is 11.4 Å². The van der Waals surface area contributed by atoms with Gasteiger partial charge in [0.15, 0.2) is 0 Å². The maximum absolute atomic E-state index is 11.9. The summed E-state index contributed by atoms with van der Waals surface area (Å²) in [7, 11) is 0. The molecule has 156 valence electrons. The molecule has 2 unspecified atom stereocenters. The highest BCUT2D eigenvalue weighted by Gasteiger charge is 2.33. The van der Waals surface area contributed by atoms with Crippen LogP contribution in [0.5, 0.6) is 5.75 Å². The van der Waals surface area contributed by atoms with E-state index in [2.05, 4.69) is 11.0 Å². The number of aldehydes is 1. The maximum Gasteiger partial charge on any atom is 0.146 e. The Labute approximate surface area is 195 Å². The first-order valence-corrected chi connectivity index (χ1v) is 11.1. The van der Waals surface area contributed by atoms with Gasteiger partial charge in [0.25, 0.3) is 0 Å². The molecule has 5 rings (SSSR count). The first-order valence-electron chi connectivity index (χ1n) is 9.95. The zero-order valence-corrected chi connectivity index (χ0v) is 18.7. The van der Waals surface area contributed by atoms with Crippen molar-refractivity contribution in [2.24, 2.45) is 0 Å². The van der Waals surface area contributed by atoms with Gasteiger partial charge in [-0.3, -0.25) is 0 Å². The fourth-order valence-corrected chi connectivity index (χ4v) is 4.83. The van der Waals surface area contributed by atoms with Gasteiger partial charge < -0.3 is 14.4 Å². The van der Waals surface area contributed by atoms with E-state index in [1.165, 1.54) is 0 Å². The predicted octanol–water partition coefficient (Wildman–Crippen LogP) is 6.53. The van der Waals surface area contributed by atoms with Crippen LogP contribution in [0.25, 0.3) is 5.57 Å². The molecule has 0 saturated heterocycles. The van der Waals surface area contributed by atoms with Crippen LogP contribution in [-0.2, 0) is 4.79 Å². The number of carbonyl (C=O) groups is 1. The molecule has 0 saturated carbocycles. The highest BCUT2D eigenvalue weighted by molar-refractivity contribution is 6.31. The van der Waals surface area contributed by atoms with Crippen molar-refractivity contribution in [3.63, 3.8) is 0 Å². The van der Waals surface area contributed by atoms with Crippen LogP contribution >= 0.6 is 34.8 Å². The SMILES string of the molecule is O=CC1C=C(c2cccc(Cl)c2)c2cc(C(Cl)c3ccc(Cl)cc3)cc3c2N1CCO3. The molecule has 0 fully saturated rings. The number of hydrogen-bond acceptors (Lipinski definition) is 3. The fourth-order valence-electron chi connectivity index (χ4n) is 4.25. The Hall–Kier alpha value is -2.46.